The van der Waals surface area contributed by atoms with E-state index in [0.717, 1.165) is 16.7 Å². The first-order valence-electron chi connectivity index (χ1n) is 12.8. The molecule has 2 aliphatic heterocycles. The SMILES string of the molecule is CCC(C(=O)O)N1CC[C@H](NC(=O)C2C[N@]2C(c2ccccc2)(c2ccccc2)c2ccccc2)C1=O. The van der Waals surface area contributed by atoms with Gasteiger partial charge in [0.1, 0.15) is 18.1 Å². The fraction of sp³-hybridized carbons (Fsp3) is 0.300. The smallest absolute Gasteiger partial charge is 0.326 e. The lowest BCUT2D eigenvalue weighted by Gasteiger charge is -2.38. The average Bonchev–Trinajstić information content (AvgIpc) is 3.66. The predicted molar refractivity (Wildman–Crippen MR) is 140 cm³/mol. The van der Waals surface area contributed by atoms with Crippen molar-refractivity contribution in [2.24, 2.45) is 0 Å². The van der Waals surface area contributed by atoms with Gasteiger partial charge in [-0.1, -0.05) is 97.9 Å². The van der Waals surface area contributed by atoms with Gasteiger partial charge in [0.25, 0.3) is 0 Å². The largest absolute Gasteiger partial charge is 0.480 e. The molecule has 0 spiro atoms. The lowest BCUT2D eigenvalue weighted by molar-refractivity contribution is -0.149. The molecule has 3 aromatic rings. The van der Waals surface area contributed by atoms with Crippen LogP contribution in [0.1, 0.15) is 36.5 Å². The molecule has 0 saturated carbocycles. The van der Waals surface area contributed by atoms with Crippen LogP contribution >= 0.6 is 0 Å². The number of aliphatic carboxylic acids is 1. The first-order chi connectivity index (χ1) is 18.0. The summed E-state index contributed by atoms with van der Waals surface area (Å²) in [4.78, 5) is 41.6. The minimum absolute atomic E-state index is 0.212. The third-order valence-electron chi connectivity index (χ3n) is 7.52. The Balaban J connectivity index is 1.45. The van der Waals surface area contributed by atoms with Gasteiger partial charge in [0.15, 0.2) is 0 Å². The Bertz CT molecular complexity index is 1170. The molecule has 7 nitrogen and oxygen atoms in total. The highest BCUT2D eigenvalue weighted by Crippen LogP contribution is 2.48. The van der Waals surface area contributed by atoms with E-state index in [0.29, 0.717) is 25.9 Å². The van der Waals surface area contributed by atoms with E-state index in [1.54, 1.807) is 6.92 Å². The summed E-state index contributed by atoms with van der Waals surface area (Å²) in [6, 6.07) is 28.5. The van der Waals surface area contributed by atoms with E-state index in [-0.39, 0.29) is 11.8 Å². The number of hydrogen-bond donors (Lipinski definition) is 2. The monoisotopic (exact) mass is 497 g/mol. The van der Waals surface area contributed by atoms with Crippen LogP contribution in [-0.4, -0.2) is 63.9 Å². The standard InChI is InChI=1S/C30H31N3O4/c1-2-25(29(36)37)32-19-18-24(28(32)35)31-27(34)26-20-33(26)30(21-12-6-3-7-13-21,22-14-8-4-9-15-22)23-16-10-5-11-17-23/h3-17,24-26H,2,18-20H2,1H3,(H,31,34)(H,36,37)/t24-,25?,26?,33-/m0/s1. The molecule has 4 atom stereocenters. The first kappa shape index (κ1) is 24.7. The summed E-state index contributed by atoms with van der Waals surface area (Å²) in [5.74, 6) is -1.56. The molecule has 2 amide bonds. The van der Waals surface area contributed by atoms with E-state index >= 15 is 0 Å². The van der Waals surface area contributed by atoms with Crippen LogP contribution in [0.3, 0.4) is 0 Å². The Hall–Kier alpha value is -3.97. The van der Waals surface area contributed by atoms with Crippen LogP contribution in [0, 0.1) is 0 Å². The van der Waals surface area contributed by atoms with Gasteiger partial charge in [0, 0.05) is 13.1 Å². The normalized spacial score (nSPS) is 21.9. The number of carbonyl (C=O) groups excluding carboxylic acids is 2. The summed E-state index contributed by atoms with van der Waals surface area (Å²) in [5, 5.41) is 12.4. The van der Waals surface area contributed by atoms with Crippen LogP contribution < -0.4 is 5.32 Å². The van der Waals surface area contributed by atoms with Gasteiger partial charge >= 0.3 is 5.97 Å². The molecule has 2 saturated heterocycles. The van der Waals surface area contributed by atoms with Gasteiger partial charge in [-0.25, -0.2) is 4.79 Å². The molecule has 2 unspecified atom stereocenters. The number of hydrogen-bond acceptors (Lipinski definition) is 4. The number of likely N-dealkylation sites (tertiary alicyclic amines) is 1. The average molecular weight is 498 g/mol. The van der Waals surface area contributed by atoms with Crippen molar-refractivity contribution in [3.8, 4) is 0 Å². The quantitative estimate of drug-likeness (QED) is 0.350. The van der Waals surface area contributed by atoms with Crippen molar-refractivity contribution < 1.29 is 19.5 Å². The zero-order valence-corrected chi connectivity index (χ0v) is 20.8. The van der Waals surface area contributed by atoms with Gasteiger partial charge in [0.05, 0.1) is 5.54 Å². The fourth-order valence-electron chi connectivity index (χ4n) is 5.71. The van der Waals surface area contributed by atoms with E-state index in [4.69, 9.17) is 0 Å². The molecular weight excluding hydrogens is 466 g/mol. The number of amides is 2. The zero-order chi connectivity index (χ0) is 26.0. The van der Waals surface area contributed by atoms with E-state index < -0.39 is 29.6 Å². The summed E-state index contributed by atoms with van der Waals surface area (Å²) in [6.45, 7) is 2.60. The van der Waals surface area contributed by atoms with Gasteiger partial charge in [-0.3, -0.25) is 14.5 Å². The number of nitrogens with one attached hydrogen (secondary N) is 1. The van der Waals surface area contributed by atoms with Crippen LogP contribution in [-0.2, 0) is 19.9 Å². The predicted octanol–water partition coefficient (Wildman–Crippen LogP) is 3.24. The Morgan fingerprint density at radius 3 is 1.84 bits per heavy atom. The second-order valence-corrected chi connectivity index (χ2v) is 9.62. The van der Waals surface area contributed by atoms with Crippen LogP contribution in [0.25, 0.3) is 0 Å². The van der Waals surface area contributed by atoms with E-state index in [1.807, 2.05) is 54.6 Å². The third kappa shape index (κ3) is 4.40. The summed E-state index contributed by atoms with van der Waals surface area (Å²) in [7, 11) is 0. The minimum Gasteiger partial charge on any atom is -0.480 e. The topological polar surface area (TPSA) is 89.7 Å². The maximum atomic E-state index is 13.5. The maximum absolute atomic E-state index is 13.5. The molecule has 0 aromatic heterocycles. The lowest BCUT2D eigenvalue weighted by Crippen LogP contribution is -2.49. The number of nitrogens with zero attached hydrogens (tertiary/aromatic N) is 2. The highest BCUT2D eigenvalue weighted by molar-refractivity contribution is 5.94. The Kier molecular flexibility index (Phi) is 6.80. The van der Waals surface area contributed by atoms with Crippen molar-refractivity contribution in [1.82, 2.24) is 15.1 Å². The Morgan fingerprint density at radius 2 is 1.41 bits per heavy atom. The minimum atomic E-state index is -1.02. The second kappa shape index (κ2) is 10.2. The molecular formula is C30H31N3O4. The van der Waals surface area contributed by atoms with Gasteiger partial charge in [-0.2, -0.15) is 0 Å². The molecule has 0 radical (unpaired) electrons. The molecule has 2 fully saturated rings. The van der Waals surface area contributed by atoms with Gasteiger partial charge < -0.3 is 15.3 Å². The Morgan fingerprint density at radius 1 is 0.919 bits per heavy atom. The summed E-state index contributed by atoms with van der Waals surface area (Å²) in [6.07, 6.45) is 0.730. The lowest BCUT2D eigenvalue weighted by atomic mass is 9.76. The molecule has 0 bridgehead atoms. The number of carboxylic acids is 1. The molecule has 190 valence electrons. The van der Waals surface area contributed by atoms with Crippen molar-refractivity contribution in [1.29, 1.82) is 0 Å². The van der Waals surface area contributed by atoms with Gasteiger partial charge in [-0.05, 0) is 29.5 Å². The van der Waals surface area contributed by atoms with Crippen LogP contribution in [0.2, 0.25) is 0 Å². The van der Waals surface area contributed by atoms with E-state index in [2.05, 4.69) is 46.6 Å². The number of carboxylic acid groups (broad SMARTS) is 1. The molecule has 3 aromatic carbocycles. The second-order valence-electron chi connectivity index (χ2n) is 9.62. The van der Waals surface area contributed by atoms with Crippen molar-refractivity contribution in [3.63, 3.8) is 0 Å². The van der Waals surface area contributed by atoms with Crippen LogP contribution in [0.5, 0.6) is 0 Å². The summed E-state index contributed by atoms with van der Waals surface area (Å²) < 4.78 is 0. The molecule has 5 rings (SSSR count). The summed E-state index contributed by atoms with van der Waals surface area (Å²) in [5.41, 5.74) is 2.47. The number of carbonyl (C=O) groups is 3. The maximum Gasteiger partial charge on any atom is 0.326 e. The molecule has 0 aliphatic carbocycles. The number of rotatable bonds is 9. The molecule has 7 heteroatoms. The molecule has 37 heavy (non-hydrogen) atoms. The fourth-order valence-corrected chi connectivity index (χ4v) is 5.71. The molecule has 2 N–H and O–H groups in total. The van der Waals surface area contributed by atoms with Crippen molar-refractivity contribution in [3.05, 3.63) is 108 Å². The van der Waals surface area contributed by atoms with Crippen molar-refractivity contribution >= 4 is 17.8 Å². The Labute approximate surface area is 216 Å². The van der Waals surface area contributed by atoms with Gasteiger partial charge in [-0.15, -0.1) is 0 Å². The van der Waals surface area contributed by atoms with Gasteiger partial charge in [0.2, 0.25) is 11.8 Å². The van der Waals surface area contributed by atoms with Crippen LogP contribution in [0.15, 0.2) is 91.0 Å². The van der Waals surface area contributed by atoms with E-state index in [1.165, 1.54) is 4.90 Å². The first-order valence-corrected chi connectivity index (χ1v) is 12.8. The zero-order valence-electron chi connectivity index (χ0n) is 20.8. The van der Waals surface area contributed by atoms with Crippen LogP contribution in [0.4, 0.5) is 0 Å². The highest BCUT2D eigenvalue weighted by atomic mass is 16.4. The highest BCUT2D eigenvalue weighted by Gasteiger charge is 2.56. The molecule has 2 aliphatic rings. The number of benzene rings is 3. The molecule has 2 heterocycles. The van der Waals surface area contributed by atoms with Crippen molar-refractivity contribution in [2.75, 3.05) is 13.1 Å². The van der Waals surface area contributed by atoms with E-state index in [9.17, 15) is 19.5 Å². The van der Waals surface area contributed by atoms with Crippen molar-refractivity contribution in [2.45, 2.75) is 43.4 Å². The summed E-state index contributed by atoms with van der Waals surface area (Å²) >= 11 is 0. The third-order valence-corrected chi connectivity index (χ3v) is 7.52.